The third kappa shape index (κ3) is 3.17. The van der Waals surface area contributed by atoms with Gasteiger partial charge in [0.25, 0.3) is 0 Å². The molecule has 0 radical (unpaired) electrons. The second-order valence-electron chi connectivity index (χ2n) is 5.06. The summed E-state index contributed by atoms with van der Waals surface area (Å²) in [4.78, 5) is 5.93. The number of thiophene rings is 1. The molecule has 0 fully saturated rings. The van der Waals surface area contributed by atoms with Gasteiger partial charge >= 0.3 is 0 Å². The number of aryl methyl sites for hydroxylation is 2. The lowest BCUT2D eigenvalue weighted by Crippen LogP contribution is -2.23. The Labute approximate surface area is 131 Å². The number of halogens is 1. The third-order valence-electron chi connectivity index (χ3n) is 3.61. The lowest BCUT2D eigenvalue weighted by molar-refractivity contribution is 0.462. The first-order chi connectivity index (χ1) is 9.22. The van der Waals surface area contributed by atoms with E-state index in [-0.39, 0.29) is 0 Å². The minimum Gasteiger partial charge on any atom is -0.306 e. The summed E-state index contributed by atoms with van der Waals surface area (Å²) in [7, 11) is 0. The molecule has 0 bridgehead atoms. The molecule has 2 nitrogen and oxygen atoms in total. The van der Waals surface area contributed by atoms with Crippen molar-refractivity contribution in [1.29, 1.82) is 0 Å². The van der Waals surface area contributed by atoms with Gasteiger partial charge in [0.15, 0.2) is 0 Å². The summed E-state index contributed by atoms with van der Waals surface area (Å²) in [5.41, 5.74) is 3.87. The second kappa shape index (κ2) is 5.89. The van der Waals surface area contributed by atoms with Gasteiger partial charge < -0.3 is 5.32 Å². The molecule has 0 spiro atoms. The summed E-state index contributed by atoms with van der Waals surface area (Å²) in [5, 5.41) is 3.69. The summed E-state index contributed by atoms with van der Waals surface area (Å²) >= 11 is 4.39. The molecular weight excluding hydrogens is 367 g/mol. The lowest BCUT2D eigenvalue weighted by atomic mass is 9.94. The van der Waals surface area contributed by atoms with E-state index < -0.39 is 0 Å². The highest BCUT2D eigenvalue weighted by Gasteiger charge is 2.22. The van der Waals surface area contributed by atoms with E-state index in [1.165, 1.54) is 33.3 Å². The van der Waals surface area contributed by atoms with E-state index in [4.69, 9.17) is 0 Å². The van der Waals surface area contributed by atoms with Gasteiger partial charge in [-0.25, -0.2) is 0 Å². The molecule has 1 N–H and O–H groups in total. The Morgan fingerprint density at radius 3 is 3.16 bits per heavy atom. The first-order valence-corrected chi connectivity index (χ1v) is 8.55. The average Bonchev–Trinajstić information content (AvgIpc) is 2.79. The molecule has 0 aliphatic heterocycles. The van der Waals surface area contributed by atoms with Crippen molar-refractivity contribution >= 4 is 33.9 Å². The third-order valence-corrected chi connectivity index (χ3v) is 5.58. The van der Waals surface area contributed by atoms with Crippen LogP contribution in [0.1, 0.15) is 40.6 Å². The van der Waals surface area contributed by atoms with Crippen molar-refractivity contribution < 1.29 is 0 Å². The molecule has 2 heterocycles. The lowest BCUT2D eigenvalue weighted by Gasteiger charge is -2.23. The normalized spacial score (nSPS) is 18.3. The Kier molecular flexibility index (Phi) is 4.19. The molecular formula is C15H17IN2S. The Morgan fingerprint density at radius 1 is 1.47 bits per heavy atom. The topological polar surface area (TPSA) is 24.9 Å². The molecule has 4 heteroatoms. The quantitative estimate of drug-likeness (QED) is 0.802. The zero-order valence-electron chi connectivity index (χ0n) is 10.9. The molecule has 0 aromatic carbocycles. The van der Waals surface area contributed by atoms with Crippen molar-refractivity contribution in [2.75, 3.05) is 0 Å². The Hall–Kier alpha value is -0.460. The van der Waals surface area contributed by atoms with E-state index in [2.05, 4.69) is 51.1 Å². The highest BCUT2D eigenvalue weighted by atomic mass is 127. The molecule has 0 amide bonds. The number of pyridine rings is 1. The van der Waals surface area contributed by atoms with Crippen molar-refractivity contribution in [2.24, 2.45) is 0 Å². The summed E-state index contributed by atoms with van der Waals surface area (Å²) in [5.74, 6) is 0. The number of aromatic nitrogens is 1. The molecule has 1 atom stereocenters. The van der Waals surface area contributed by atoms with Crippen LogP contribution in [0.2, 0.25) is 0 Å². The van der Waals surface area contributed by atoms with Gasteiger partial charge in [0.1, 0.15) is 0 Å². The van der Waals surface area contributed by atoms with Gasteiger partial charge in [0.05, 0.1) is 2.88 Å². The Bertz CT molecular complexity index is 562. The minimum atomic E-state index is 0.518. The molecule has 2 aromatic rings. The smallest absolute Gasteiger partial charge is 0.0659 e. The van der Waals surface area contributed by atoms with E-state index in [1.54, 1.807) is 4.88 Å². The Balaban J connectivity index is 1.69. The number of hydrogen-bond donors (Lipinski definition) is 1. The predicted octanol–water partition coefficient (Wildman–Crippen LogP) is 4.22. The van der Waals surface area contributed by atoms with Crippen LogP contribution in [0.4, 0.5) is 0 Å². The molecule has 1 aliphatic rings. The van der Waals surface area contributed by atoms with Crippen molar-refractivity contribution in [1.82, 2.24) is 10.3 Å². The van der Waals surface area contributed by atoms with Crippen LogP contribution in [0.25, 0.3) is 0 Å². The summed E-state index contributed by atoms with van der Waals surface area (Å²) in [6.07, 6.45) is 5.78. The minimum absolute atomic E-state index is 0.518. The van der Waals surface area contributed by atoms with Crippen LogP contribution < -0.4 is 5.32 Å². The van der Waals surface area contributed by atoms with E-state index >= 15 is 0 Å². The predicted molar refractivity (Wildman–Crippen MR) is 88.5 cm³/mol. The maximum absolute atomic E-state index is 4.35. The maximum atomic E-state index is 4.35. The molecule has 1 aliphatic carbocycles. The number of hydrogen-bond acceptors (Lipinski definition) is 3. The van der Waals surface area contributed by atoms with Gasteiger partial charge in [-0.3, -0.25) is 4.98 Å². The zero-order chi connectivity index (χ0) is 13.2. The molecule has 19 heavy (non-hydrogen) atoms. The van der Waals surface area contributed by atoms with E-state index in [9.17, 15) is 0 Å². The summed E-state index contributed by atoms with van der Waals surface area (Å²) < 4.78 is 1.41. The zero-order valence-corrected chi connectivity index (χ0v) is 13.9. The van der Waals surface area contributed by atoms with Crippen LogP contribution in [0.15, 0.2) is 24.4 Å². The fraction of sp³-hybridized carbons (Fsp3) is 0.400. The largest absolute Gasteiger partial charge is 0.306 e. The molecule has 2 aromatic heterocycles. The second-order valence-corrected chi connectivity index (χ2v) is 8.09. The molecule has 3 rings (SSSR count). The molecule has 0 saturated carbocycles. The highest BCUT2D eigenvalue weighted by molar-refractivity contribution is 14.1. The number of fused-ring (bicyclic) bond motifs is 1. The van der Waals surface area contributed by atoms with E-state index in [0.29, 0.717) is 6.04 Å². The van der Waals surface area contributed by atoms with Crippen molar-refractivity contribution in [3.8, 4) is 0 Å². The first kappa shape index (κ1) is 13.5. The maximum Gasteiger partial charge on any atom is 0.0659 e. The number of rotatable bonds is 3. The summed E-state index contributed by atoms with van der Waals surface area (Å²) in [6.45, 7) is 2.93. The average molecular weight is 384 g/mol. The van der Waals surface area contributed by atoms with Gasteiger partial charge in [0.2, 0.25) is 0 Å². The highest BCUT2D eigenvalue weighted by Crippen LogP contribution is 2.36. The SMILES string of the molecule is Cc1ccc(CNC2CCCc3sc(I)cc32)cn1. The van der Waals surface area contributed by atoms with Crippen LogP contribution in [-0.2, 0) is 13.0 Å². The fourth-order valence-electron chi connectivity index (χ4n) is 2.58. The van der Waals surface area contributed by atoms with Crippen LogP contribution in [0.3, 0.4) is 0 Å². The van der Waals surface area contributed by atoms with E-state index in [1.807, 2.05) is 24.5 Å². The fourth-order valence-corrected chi connectivity index (χ4v) is 4.70. The van der Waals surface area contributed by atoms with Gasteiger partial charge in [-0.2, -0.15) is 0 Å². The molecule has 100 valence electrons. The van der Waals surface area contributed by atoms with Crippen LogP contribution in [-0.4, -0.2) is 4.98 Å². The van der Waals surface area contributed by atoms with Crippen LogP contribution >= 0.6 is 33.9 Å². The number of nitrogens with zero attached hydrogens (tertiary/aromatic N) is 1. The van der Waals surface area contributed by atoms with Crippen molar-refractivity contribution in [2.45, 2.75) is 38.8 Å². The first-order valence-electron chi connectivity index (χ1n) is 6.65. The summed E-state index contributed by atoms with van der Waals surface area (Å²) in [6, 6.07) is 7.11. The monoisotopic (exact) mass is 384 g/mol. The van der Waals surface area contributed by atoms with Crippen LogP contribution in [0, 0.1) is 9.81 Å². The van der Waals surface area contributed by atoms with Gasteiger partial charge in [-0.1, -0.05) is 6.07 Å². The van der Waals surface area contributed by atoms with Crippen molar-refractivity contribution in [3.05, 3.63) is 49.0 Å². The standard InChI is InChI=1S/C15H17IN2S/c1-10-5-6-11(8-17-10)9-18-13-3-2-4-14-12(13)7-15(16)19-14/h5-8,13,18H,2-4,9H2,1H3. The van der Waals surface area contributed by atoms with Gasteiger partial charge in [-0.15, -0.1) is 11.3 Å². The molecule has 0 saturated heterocycles. The number of nitrogens with one attached hydrogen (secondary N) is 1. The van der Waals surface area contributed by atoms with E-state index in [0.717, 1.165) is 12.2 Å². The van der Waals surface area contributed by atoms with Gasteiger partial charge in [0, 0.05) is 29.4 Å². The Morgan fingerprint density at radius 2 is 2.37 bits per heavy atom. The van der Waals surface area contributed by atoms with Crippen LogP contribution in [0.5, 0.6) is 0 Å². The van der Waals surface area contributed by atoms with Crippen molar-refractivity contribution in [3.63, 3.8) is 0 Å². The molecule has 1 unspecified atom stereocenters. The van der Waals surface area contributed by atoms with Gasteiger partial charge in [-0.05, 0) is 72.0 Å².